The smallest absolute Gasteiger partial charge is 0.264 e. The second-order valence-corrected chi connectivity index (χ2v) is 10.4. The molecule has 32 heavy (non-hydrogen) atoms. The number of anilines is 1. The van der Waals surface area contributed by atoms with Crippen molar-refractivity contribution in [2.45, 2.75) is 44.4 Å². The van der Waals surface area contributed by atoms with Gasteiger partial charge in [-0.3, -0.25) is 9.10 Å². The summed E-state index contributed by atoms with van der Waals surface area (Å²) < 4.78 is 27.8. The highest BCUT2D eigenvalue weighted by molar-refractivity contribution is 7.92. The van der Waals surface area contributed by atoms with Crippen molar-refractivity contribution in [3.8, 4) is 0 Å². The van der Waals surface area contributed by atoms with Crippen LogP contribution in [0.4, 0.5) is 5.69 Å². The quantitative estimate of drug-likeness (QED) is 0.553. The van der Waals surface area contributed by atoms with Crippen LogP contribution in [0.15, 0.2) is 59.5 Å². The summed E-state index contributed by atoms with van der Waals surface area (Å²) in [6, 6.07) is 15.6. The maximum absolute atomic E-state index is 13.3. The number of carbonyl (C=O) groups excluding carboxylic acids is 1. The van der Waals surface area contributed by atoms with Crippen molar-refractivity contribution >= 4 is 21.6 Å². The molecule has 0 aromatic heterocycles. The molecule has 1 aliphatic heterocycles. The third-order valence-electron chi connectivity index (χ3n) is 6.10. The van der Waals surface area contributed by atoms with Crippen molar-refractivity contribution in [2.75, 3.05) is 37.0 Å². The fourth-order valence-corrected chi connectivity index (χ4v) is 5.38. The van der Waals surface area contributed by atoms with Crippen molar-refractivity contribution in [3.63, 3.8) is 0 Å². The number of rotatable bonds is 10. The highest BCUT2D eigenvalue weighted by Gasteiger charge is 2.27. The molecule has 174 valence electrons. The van der Waals surface area contributed by atoms with Gasteiger partial charge < -0.3 is 10.2 Å². The van der Waals surface area contributed by atoms with E-state index in [1.165, 1.54) is 17.1 Å². The first-order valence-electron chi connectivity index (χ1n) is 11.6. The van der Waals surface area contributed by atoms with E-state index < -0.39 is 10.0 Å². The molecule has 0 aliphatic carbocycles. The highest BCUT2D eigenvalue weighted by Crippen LogP contribution is 2.24. The lowest BCUT2D eigenvalue weighted by atomic mass is 9.99. The molecule has 0 unspecified atom stereocenters. The number of hydrogen-bond donors (Lipinski definition) is 1. The first kappa shape index (κ1) is 24.3. The molecule has 7 heteroatoms. The van der Waals surface area contributed by atoms with Crippen LogP contribution in [0.1, 0.15) is 38.7 Å². The second-order valence-electron chi connectivity index (χ2n) is 8.57. The second kappa shape index (κ2) is 11.5. The summed E-state index contributed by atoms with van der Waals surface area (Å²) in [6.07, 6.45) is 4.18. The maximum atomic E-state index is 13.3. The number of hydrogen-bond acceptors (Lipinski definition) is 4. The normalized spacial score (nSPS) is 15.4. The predicted molar refractivity (Wildman–Crippen MR) is 129 cm³/mol. The predicted octanol–water partition coefficient (Wildman–Crippen LogP) is 3.68. The molecule has 0 spiro atoms. The SMILES string of the molecule is CCc1ccc(N(CC(=O)NCCCN2CCC(C)CC2)S(=O)(=O)c2ccccc2)cc1. The van der Waals surface area contributed by atoms with Gasteiger partial charge in [0.2, 0.25) is 5.91 Å². The van der Waals surface area contributed by atoms with Crippen LogP contribution in [0.2, 0.25) is 0 Å². The molecule has 0 atom stereocenters. The molecule has 0 radical (unpaired) electrons. The highest BCUT2D eigenvalue weighted by atomic mass is 32.2. The molecule has 1 fully saturated rings. The Labute approximate surface area is 192 Å². The van der Waals surface area contributed by atoms with E-state index in [9.17, 15) is 13.2 Å². The summed E-state index contributed by atoms with van der Waals surface area (Å²) in [5.41, 5.74) is 1.60. The topological polar surface area (TPSA) is 69.7 Å². The Hall–Kier alpha value is -2.38. The minimum Gasteiger partial charge on any atom is -0.354 e. The monoisotopic (exact) mass is 457 g/mol. The Kier molecular flexibility index (Phi) is 8.70. The number of nitrogens with zero attached hydrogens (tertiary/aromatic N) is 2. The van der Waals surface area contributed by atoms with E-state index in [0.717, 1.165) is 44.0 Å². The van der Waals surface area contributed by atoms with Gasteiger partial charge in [-0.2, -0.15) is 0 Å². The third-order valence-corrected chi connectivity index (χ3v) is 7.89. The number of nitrogens with one attached hydrogen (secondary N) is 1. The Bertz CT molecular complexity index is 954. The molecule has 1 amide bonds. The van der Waals surface area contributed by atoms with Crippen LogP contribution in [0.5, 0.6) is 0 Å². The lowest BCUT2D eigenvalue weighted by Crippen LogP contribution is -2.42. The summed E-state index contributed by atoms with van der Waals surface area (Å²) in [5, 5.41) is 2.91. The molecule has 2 aromatic carbocycles. The minimum absolute atomic E-state index is 0.173. The largest absolute Gasteiger partial charge is 0.354 e. The minimum atomic E-state index is -3.86. The number of amides is 1. The van der Waals surface area contributed by atoms with Crippen LogP contribution in [0.3, 0.4) is 0 Å². The zero-order valence-electron chi connectivity index (χ0n) is 19.2. The van der Waals surface area contributed by atoms with E-state index in [2.05, 4.69) is 17.1 Å². The van der Waals surface area contributed by atoms with Gasteiger partial charge in [0, 0.05) is 6.54 Å². The first-order valence-corrected chi connectivity index (χ1v) is 13.0. The van der Waals surface area contributed by atoms with Crippen LogP contribution in [-0.4, -0.2) is 51.9 Å². The lowest BCUT2D eigenvalue weighted by molar-refractivity contribution is -0.119. The molecule has 0 saturated carbocycles. The van der Waals surface area contributed by atoms with Gasteiger partial charge in [0.1, 0.15) is 6.54 Å². The molecule has 2 aromatic rings. The van der Waals surface area contributed by atoms with Crippen molar-refractivity contribution < 1.29 is 13.2 Å². The van der Waals surface area contributed by atoms with Crippen LogP contribution >= 0.6 is 0 Å². The summed E-state index contributed by atoms with van der Waals surface area (Å²) >= 11 is 0. The zero-order chi connectivity index (χ0) is 23.0. The molecule has 1 saturated heterocycles. The molecule has 0 bridgehead atoms. The van der Waals surface area contributed by atoms with E-state index in [0.29, 0.717) is 12.2 Å². The molecule has 1 aliphatic rings. The summed E-state index contributed by atoms with van der Waals surface area (Å²) in [4.78, 5) is 15.3. The van der Waals surface area contributed by atoms with Gasteiger partial charge in [0.25, 0.3) is 10.0 Å². The molecular formula is C25H35N3O3S. The molecular weight excluding hydrogens is 422 g/mol. The Balaban J connectivity index is 1.63. The van der Waals surface area contributed by atoms with Gasteiger partial charge >= 0.3 is 0 Å². The zero-order valence-corrected chi connectivity index (χ0v) is 20.0. The van der Waals surface area contributed by atoms with E-state index in [1.54, 1.807) is 42.5 Å². The van der Waals surface area contributed by atoms with Crippen LogP contribution in [0, 0.1) is 5.92 Å². The standard InChI is InChI=1S/C25H35N3O3S/c1-3-22-10-12-23(13-11-22)28(32(30,31)24-8-5-4-6-9-24)20-25(29)26-16-7-17-27-18-14-21(2)15-19-27/h4-6,8-13,21H,3,7,14-20H2,1-2H3,(H,26,29). The number of carbonyl (C=O) groups is 1. The lowest BCUT2D eigenvalue weighted by Gasteiger charge is -2.30. The van der Waals surface area contributed by atoms with E-state index in [1.807, 2.05) is 19.1 Å². The maximum Gasteiger partial charge on any atom is 0.264 e. The molecule has 3 rings (SSSR count). The van der Waals surface area contributed by atoms with Crippen LogP contribution < -0.4 is 9.62 Å². The van der Waals surface area contributed by atoms with E-state index in [-0.39, 0.29) is 17.3 Å². The third kappa shape index (κ3) is 6.56. The van der Waals surface area contributed by atoms with Crippen molar-refractivity contribution in [1.29, 1.82) is 0 Å². The fourth-order valence-electron chi connectivity index (χ4n) is 3.94. The van der Waals surface area contributed by atoms with Crippen LogP contribution in [0.25, 0.3) is 0 Å². The number of benzene rings is 2. The number of piperidine rings is 1. The van der Waals surface area contributed by atoms with Crippen molar-refractivity contribution in [1.82, 2.24) is 10.2 Å². The summed E-state index contributed by atoms with van der Waals surface area (Å²) in [5.74, 6) is 0.506. The van der Waals surface area contributed by atoms with Gasteiger partial charge in [0.15, 0.2) is 0 Å². The molecule has 6 nitrogen and oxygen atoms in total. The number of likely N-dealkylation sites (tertiary alicyclic amines) is 1. The fraction of sp³-hybridized carbons (Fsp3) is 0.480. The number of aryl methyl sites for hydroxylation is 1. The average Bonchev–Trinajstić information content (AvgIpc) is 2.82. The summed E-state index contributed by atoms with van der Waals surface area (Å²) in [6.45, 7) is 7.83. The van der Waals surface area contributed by atoms with Gasteiger partial charge in [0.05, 0.1) is 10.6 Å². The van der Waals surface area contributed by atoms with Gasteiger partial charge in [-0.05, 0) is 81.1 Å². The molecule has 1 heterocycles. The number of sulfonamides is 1. The Morgan fingerprint density at radius 1 is 1.06 bits per heavy atom. The average molecular weight is 458 g/mol. The summed E-state index contributed by atoms with van der Waals surface area (Å²) in [7, 11) is -3.86. The van der Waals surface area contributed by atoms with Crippen molar-refractivity contribution in [2.24, 2.45) is 5.92 Å². The van der Waals surface area contributed by atoms with Crippen molar-refractivity contribution in [3.05, 3.63) is 60.2 Å². The van der Waals surface area contributed by atoms with E-state index >= 15 is 0 Å². The van der Waals surface area contributed by atoms with Gasteiger partial charge in [-0.25, -0.2) is 8.42 Å². The van der Waals surface area contributed by atoms with Gasteiger partial charge in [-0.15, -0.1) is 0 Å². The first-order chi connectivity index (χ1) is 15.4. The van der Waals surface area contributed by atoms with Gasteiger partial charge in [-0.1, -0.05) is 44.2 Å². The Morgan fingerprint density at radius 2 is 1.72 bits per heavy atom. The molecule has 1 N–H and O–H groups in total. The Morgan fingerprint density at radius 3 is 2.34 bits per heavy atom. The van der Waals surface area contributed by atoms with E-state index in [4.69, 9.17) is 0 Å². The van der Waals surface area contributed by atoms with Crippen LogP contribution in [-0.2, 0) is 21.2 Å².